The van der Waals surface area contributed by atoms with Crippen molar-refractivity contribution in [3.8, 4) is 0 Å². The van der Waals surface area contributed by atoms with Gasteiger partial charge in [0.05, 0.1) is 17.2 Å². The summed E-state index contributed by atoms with van der Waals surface area (Å²) >= 11 is 0. The van der Waals surface area contributed by atoms with Gasteiger partial charge in [-0.1, -0.05) is 29.8 Å². The first-order chi connectivity index (χ1) is 12.5. The van der Waals surface area contributed by atoms with Gasteiger partial charge in [0.1, 0.15) is 0 Å². The van der Waals surface area contributed by atoms with Crippen molar-refractivity contribution in [1.29, 1.82) is 0 Å². The van der Waals surface area contributed by atoms with Crippen molar-refractivity contribution in [1.82, 2.24) is 4.90 Å². The van der Waals surface area contributed by atoms with Crippen molar-refractivity contribution < 1.29 is 19.5 Å². The fourth-order valence-corrected chi connectivity index (χ4v) is 3.08. The molecule has 6 nitrogen and oxygen atoms in total. The summed E-state index contributed by atoms with van der Waals surface area (Å²) in [7, 11) is 0. The molecule has 3 rings (SSSR count). The second kappa shape index (κ2) is 7.39. The molecule has 1 aliphatic heterocycles. The minimum Gasteiger partial charge on any atom is -0.481 e. The Hall–Kier alpha value is -3.15. The summed E-state index contributed by atoms with van der Waals surface area (Å²) in [6.07, 6.45) is 0.443. The van der Waals surface area contributed by atoms with Crippen LogP contribution >= 0.6 is 0 Å². The van der Waals surface area contributed by atoms with Crippen LogP contribution in [0.3, 0.4) is 0 Å². The quantitative estimate of drug-likeness (QED) is 0.886. The van der Waals surface area contributed by atoms with Gasteiger partial charge in [-0.05, 0) is 37.6 Å². The third kappa shape index (κ3) is 3.74. The number of carboxylic acid groups (broad SMARTS) is 1. The summed E-state index contributed by atoms with van der Waals surface area (Å²) in [5, 5.41) is 11.9. The van der Waals surface area contributed by atoms with Gasteiger partial charge >= 0.3 is 5.97 Å². The Morgan fingerprint density at radius 1 is 1.12 bits per heavy atom. The van der Waals surface area contributed by atoms with E-state index in [2.05, 4.69) is 5.32 Å². The molecule has 0 bridgehead atoms. The molecule has 0 spiro atoms. The van der Waals surface area contributed by atoms with E-state index in [0.717, 1.165) is 5.56 Å². The highest BCUT2D eigenvalue weighted by Gasteiger charge is 2.32. The Morgan fingerprint density at radius 2 is 1.88 bits per heavy atom. The maximum absolute atomic E-state index is 12.8. The second-order valence-electron chi connectivity index (χ2n) is 6.44. The second-order valence-corrected chi connectivity index (χ2v) is 6.44. The summed E-state index contributed by atoms with van der Waals surface area (Å²) in [6.45, 7) is 2.49. The smallest absolute Gasteiger partial charge is 0.308 e. The molecule has 134 valence electrons. The highest BCUT2D eigenvalue weighted by atomic mass is 16.4. The maximum atomic E-state index is 12.8. The third-order valence-corrected chi connectivity index (χ3v) is 4.51. The number of carboxylic acids is 1. The first kappa shape index (κ1) is 17.7. The number of carbonyl (C=O) groups excluding carboxylic acids is 2. The van der Waals surface area contributed by atoms with Gasteiger partial charge in [0.25, 0.3) is 11.8 Å². The first-order valence-corrected chi connectivity index (χ1v) is 8.45. The molecule has 26 heavy (non-hydrogen) atoms. The number of nitrogens with zero attached hydrogens (tertiary/aromatic N) is 1. The van der Waals surface area contributed by atoms with E-state index in [-0.39, 0.29) is 18.4 Å². The van der Waals surface area contributed by atoms with E-state index in [4.69, 9.17) is 5.11 Å². The average Bonchev–Trinajstić information content (AvgIpc) is 3.12. The van der Waals surface area contributed by atoms with Gasteiger partial charge in [-0.3, -0.25) is 14.4 Å². The van der Waals surface area contributed by atoms with E-state index in [1.807, 2.05) is 13.0 Å². The molecule has 6 heteroatoms. The SMILES string of the molecule is Cc1cccc(C(=O)Nc2ccccc2C(=O)N2CCC(C(=O)O)C2)c1. The topological polar surface area (TPSA) is 86.7 Å². The van der Waals surface area contributed by atoms with E-state index >= 15 is 0 Å². The Kier molecular flexibility index (Phi) is 5.02. The number of nitrogens with one attached hydrogen (secondary N) is 1. The van der Waals surface area contributed by atoms with E-state index in [1.165, 1.54) is 4.90 Å². The van der Waals surface area contributed by atoms with Crippen molar-refractivity contribution in [2.75, 3.05) is 18.4 Å². The normalized spacial score (nSPS) is 16.3. The molecule has 0 aliphatic carbocycles. The van der Waals surface area contributed by atoms with Gasteiger partial charge in [0, 0.05) is 18.7 Å². The lowest BCUT2D eigenvalue weighted by molar-refractivity contribution is -0.141. The van der Waals surface area contributed by atoms with Crippen LogP contribution in [0.4, 0.5) is 5.69 Å². The van der Waals surface area contributed by atoms with Gasteiger partial charge in [-0.15, -0.1) is 0 Å². The Balaban J connectivity index is 1.79. The molecule has 1 atom stereocenters. The highest BCUT2D eigenvalue weighted by Crippen LogP contribution is 2.23. The number of hydrogen-bond acceptors (Lipinski definition) is 3. The van der Waals surface area contributed by atoms with E-state index in [9.17, 15) is 14.4 Å². The van der Waals surface area contributed by atoms with E-state index in [0.29, 0.717) is 29.8 Å². The van der Waals surface area contributed by atoms with Crippen LogP contribution in [0.25, 0.3) is 0 Å². The fourth-order valence-electron chi connectivity index (χ4n) is 3.08. The van der Waals surface area contributed by atoms with Gasteiger partial charge in [0.2, 0.25) is 0 Å². The molecular weight excluding hydrogens is 332 g/mol. The molecule has 1 heterocycles. The molecule has 2 N–H and O–H groups in total. The van der Waals surface area contributed by atoms with Crippen LogP contribution in [0, 0.1) is 12.8 Å². The van der Waals surface area contributed by atoms with Crippen LogP contribution in [0.2, 0.25) is 0 Å². The summed E-state index contributed by atoms with van der Waals surface area (Å²) in [6, 6.07) is 14.0. The minimum atomic E-state index is -0.888. The molecule has 2 aromatic rings. The van der Waals surface area contributed by atoms with Gasteiger partial charge in [-0.25, -0.2) is 0 Å². The molecule has 0 radical (unpaired) electrons. The number of anilines is 1. The molecule has 1 fully saturated rings. The zero-order valence-electron chi connectivity index (χ0n) is 14.4. The zero-order chi connectivity index (χ0) is 18.7. The Morgan fingerprint density at radius 3 is 2.58 bits per heavy atom. The summed E-state index contributed by atoms with van der Waals surface area (Å²) in [5.41, 5.74) is 2.26. The number of amides is 2. The zero-order valence-corrected chi connectivity index (χ0v) is 14.4. The number of benzene rings is 2. The van der Waals surface area contributed by atoms with Crippen molar-refractivity contribution in [3.05, 3.63) is 65.2 Å². The average molecular weight is 352 g/mol. The molecule has 1 unspecified atom stereocenters. The number of aliphatic carboxylic acids is 1. The summed E-state index contributed by atoms with van der Waals surface area (Å²) in [4.78, 5) is 37.9. The number of rotatable bonds is 4. The molecule has 1 saturated heterocycles. The monoisotopic (exact) mass is 352 g/mol. The van der Waals surface area contributed by atoms with Gasteiger partial charge in [0.15, 0.2) is 0 Å². The largest absolute Gasteiger partial charge is 0.481 e. The minimum absolute atomic E-state index is 0.189. The fraction of sp³-hybridized carbons (Fsp3) is 0.250. The lowest BCUT2D eigenvalue weighted by atomic mass is 10.1. The molecule has 0 saturated carbocycles. The highest BCUT2D eigenvalue weighted by molar-refractivity contribution is 6.09. The lowest BCUT2D eigenvalue weighted by Crippen LogP contribution is -2.30. The van der Waals surface area contributed by atoms with Crippen LogP contribution < -0.4 is 5.32 Å². The summed E-state index contributed by atoms with van der Waals surface area (Å²) < 4.78 is 0. The molecule has 2 amide bonds. The predicted molar refractivity (Wildman–Crippen MR) is 97.2 cm³/mol. The van der Waals surface area contributed by atoms with Crippen molar-refractivity contribution in [2.24, 2.45) is 5.92 Å². The Bertz CT molecular complexity index is 862. The van der Waals surface area contributed by atoms with Crippen LogP contribution in [0.1, 0.15) is 32.7 Å². The standard InChI is InChI=1S/C20H20N2O4/c1-13-5-4-6-14(11-13)18(23)21-17-8-3-2-7-16(17)19(24)22-10-9-15(12-22)20(25)26/h2-8,11,15H,9-10,12H2,1H3,(H,21,23)(H,25,26). The van der Waals surface area contributed by atoms with Gasteiger partial charge in [-0.2, -0.15) is 0 Å². The number of likely N-dealkylation sites (tertiary alicyclic amines) is 1. The first-order valence-electron chi connectivity index (χ1n) is 8.45. The number of para-hydroxylation sites is 1. The molecular formula is C20H20N2O4. The van der Waals surface area contributed by atoms with Crippen LogP contribution in [-0.4, -0.2) is 40.9 Å². The Labute approximate surface area is 151 Å². The maximum Gasteiger partial charge on any atom is 0.308 e. The van der Waals surface area contributed by atoms with Crippen molar-refractivity contribution in [3.63, 3.8) is 0 Å². The van der Waals surface area contributed by atoms with Gasteiger partial charge < -0.3 is 15.3 Å². The molecule has 1 aliphatic rings. The van der Waals surface area contributed by atoms with Crippen LogP contribution in [-0.2, 0) is 4.79 Å². The van der Waals surface area contributed by atoms with Crippen LogP contribution in [0.5, 0.6) is 0 Å². The number of carbonyl (C=O) groups is 3. The number of aryl methyl sites for hydroxylation is 1. The summed E-state index contributed by atoms with van der Waals surface area (Å²) in [5.74, 6) is -1.98. The van der Waals surface area contributed by atoms with Crippen LogP contribution in [0.15, 0.2) is 48.5 Å². The molecule has 2 aromatic carbocycles. The molecule has 0 aromatic heterocycles. The number of hydrogen-bond donors (Lipinski definition) is 2. The van der Waals surface area contributed by atoms with E-state index < -0.39 is 11.9 Å². The third-order valence-electron chi connectivity index (χ3n) is 4.51. The van der Waals surface area contributed by atoms with E-state index in [1.54, 1.807) is 42.5 Å². The lowest BCUT2D eigenvalue weighted by Gasteiger charge is -2.18. The van der Waals surface area contributed by atoms with Crippen molar-refractivity contribution >= 4 is 23.5 Å². The van der Waals surface area contributed by atoms with Crippen molar-refractivity contribution in [2.45, 2.75) is 13.3 Å². The predicted octanol–water partition coefficient (Wildman–Crippen LogP) is 2.79.